The van der Waals surface area contributed by atoms with Crippen molar-refractivity contribution in [3.63, 3.8) is 0 Å². The molecule has 9 heteroatoms. The van der Waals surface area contributed by atoms with E-state index >= 15 is 0 Å². The van der Waals surface area contributed by atoms with E-state index < -0.39 is 29.8 Å². The van der Waals surface area contributed by atoms with Gasteiger partial charge in [-0.3, -0.25) is 9.59 Å². The lowest BCUT2D eigenvalue weighted by Gasteiger charge is -2.16. The molecule has 112 valence electrons. The standard InChI is InChI=1S/C12H13N3O5S/c13-14-5-8(16)1-2-9(12(19)20)15-11(18)10(17)7-3-4-21-6-7/h3-6,9-10,17H,1-2H2,(H,15,18)(H,19,20). The molecule has 0 radical (unpaired) electrons. The van der Waals surface area contributed by atoms with Gasteiger partial charge in [0.15, 0.2) is 6.10 Å². The van der Waals surface area contributed by atoms with Gasteiger partial charge in [-0.25, -0.2) is 4.79 Å². The van der Waals surface area contributed by atoms with E-state index in [9.17, 15) is 19.5 Å². The van der Waals surface area contributed by atoms with Crippen molar-refractivity contribution >= 4 is 35.2 Å². The highest BCUT2D eigenvalue weighted by molar-refractivity contribution is 7.08. The van der Waals surface area contributed by atoms with Gasteiger partial charge in [-0.05, 0) is 23.2 Å². The van der Waals surface area contributed by atoms with Gasteiger partial charge < -0.3 is 21.1 Å². The second-order valence-corrected chi connectivity index (χ2v) is 4.89. The van der Waals surface area contributed by atoms with E-state index in [2.05, 4.69) is 10.1 Å². The average molecular weight is 311 g/mol. The van der Waals surface area contributed by atoms with Crippen LogP contribution in [0.5, 0.6) is 0 Å². The smallest absolute Gasteiger partial charge is 0.326 e. The minimum atomic E-state index is -1.46. The molecule has 0 aliphatic heterocycles. The number of carboxylic acids is 1. The fourth-order valence-corrected chi connectivity index (χ4v) is 2.18. The highest BCUT2D eigenvalue weighted by atomic mass is 32.1. The Kier molecular flexibility index (Phi) is 6.41. The molecular weight excluding hydrogens is 298 g/mol. The largest absolute Gasteiger partial charge is 0.480 e. The first-order chi connectivity index (χ1) is 9.95. The molecule has 1 aromatic rings. The number of amides is 1. The predicted molar refractivity (Wildman–Crippen MR) is 72.8 cm³/mol. The molecule has 1 heterocycles. The van der Waals surface area contributed by atoms with E-state index in [1.807, 2.05) is 0 Å². The number of aliphatic carboxylic acids is 1. The molecule has 1 rings (SSSR count). The number of carbonyl (C=O) groups is 3. The first kappa shape index (κ1) is 16.7. The van der Waals surface area contributed by atoms with Gasteiger partial charge in [-0.15, -0.1) is 0 Å². The van der Waals surface area contributed by atoms with Crippen molar-refractivity contribution in [3.8, 4) is 0 Å². The van der Waals surface area contributed by atoms with Crippen LogP contribution in [-0.4, -0.2) is 44.9 Å². The van der Waals surface area contributed by atoms with Crippen LogP contribution >= 0.6 is 11.3 Å². The molecule has 3 N–H and O–H groups in total. The lowest BCUT2D eigenvalue weighted by molar-refractivity contribution is -0.143. The number of nitrogens with one attached hydrogen (secondary N) is 1. The lowest BCUT2D eigenvalue weighted by Crippen LogP contribution is -2.43. The summed E-state index contributed by atoms with van der Waals surface area (Å²) in [5.74, 6) is -2.75. The summed E-state index contributed by atoms with van der Waals surface area (Å²) in [5.41, 5.74) is 8.53. The van der Waals surface area contributed by atoms with E-state index in [1.54, 1.807) is 16.8 Å². The molecule has 8 nitrogen and oxygen atoms in total. The molecule has 0 fully saturated rings. The molecular formula is C12H13N3O5S. The molecule has 0 bridgehead atoms. The zero-order valence-corrected chi connectivity index (χ0v) is 11.6. The van der Waals surface area contributed by atoms with Crippen molar-refractivity contribution in [1.82, 2.24) is 5.32 Å². The Bertz CT molecular complexity index is 565. The van der Waals surface area contributed by atoms with Crippen LogP contribution in [0, 0.1) is 0 Å². The molecule has 21 heavy (non-hydrogen) atoms. The topological polar surface area (TPSA) is 140 Å². The summed E-state index contributed by atoms with van der Waals surface area (Å²) in [7, 11) is 0. The van der Waals surface area contributed by atoms with Crippen LogP contribution in [0.2, 0.25) is 0 Å². The van der Waals surface area contributed by atoms with Crippen LogP contribution in [0.15, 0.2) is 16.8 Å². The van der Waals surface area contributed by atoms with Crippen molar-refractivity contribution in [2.75, 3.05) is 0 Å². The number of aliphatic hydroxyl groups excluding tert-OH is 1. The Morgan fingerprint density at radius 1 is 1.48 bits per heavy atom. The molecule has 0 saturated heterocycles. The summed E-state index contributed by atoms with van der Waals surface area (Å²) in [6.45, 7) is 0. The predicted octanol–water partition coefficient (Wildman–Crippen LogP) is 0.000800. The maximum atomic E-state index is 11.8. The Morgan fingerprint density at radius 2 is 2.19 bits per heavy atom. The molecule has 1 amide bonds. The quantitative estimate of drug-likeness (QED) is 0.352. The molecule has 1 aromatic heterocycles. The number of aliphatic hydroxyl groups is 1. The number of thiophene rings is 1. The summed E-state index contributed by atoms with van der Waals surface area (Å²) in [6.07, 6.45) is -1.20. The van der Waals surface area contributed by atoms with Crippen LogP contribution in [0.4, 0.5) is 0 Å². The van der Waals surface area contributed by atoms with Crippen LogP contribution in [0.25, 0.3) is 5.53 Å². The molecule has 0 aliphatic carbocycles. The van der Waals surface area contributed by atoms with E-state index in [0.29, 0.717) is 11.8 Å². The van der Waals surface area contributed by atoms with Crippen LogP contribution in [0.1, 0.15) is 24.5 Å². The van der Waals surface area contributed by atoms with Crippen molar-refractivity contribution in [2.24, 2.45) is 0 Å². The van der Waals surface area contributed by atoms with E-state index in [1.165, 1.54) is 11.3 Å². The van der Waals surface area contributed by atoms with Gasteiger partial charge >= 0.3 is 12.2 Å². The summed E-state index contributed by atoms with van der Waals surface area (Å²) in [4.78, 5) is 36.4. The number of Topliss-reactive ketones (excluding diaryl/α,β-unsaturated/α-hetero) is 1. The van der Waals surface area contributed by atoms with E-state index in [0.717, 1.165) is 0 Å². The minimum absolute atomic E-state index is 0.178. The molecule has 2 atom stereocenters. The van der Waals surface area contributed by atoms with Gasteiger partial charge in [0.05, 0.1) is 0 Å². The number of carboxylic acid groups (broad SMARTS) is 1. The van der Waals surface area contributed by atoms with Gasteiger partial charge in [-0.1, -0.05) is 0 Å². The fraction of sp³-hybridized carbons (Fsp3) is 0.333. The average Bonchev–Trinajstić information content (AvgIpc) is 2.96. The molecule has 2 unspecified atom stereocenters. The van der Waals surface area contributed by atoms with Gasteiger partial charge in [0.25, 0.3) is 5.91 Å². The number of hydrogen-bond acceptors (Lipinski definition) is 5. The van der Waals surface area contributed by atoms with Gasteiger partial charge in [0.2, 0.25) is 5.78 Å². The summed E-state index contributed by atoms with van der Waals surface area (Å²) in [5, 5.41) is 24.1. The fourth-order valence-electron chi connectivity index (χ4n) is 1.51. The minimum Gasteiger partial charge on any atom is -0.480 e. The van der Waals surface area contributed by atoms with Gasteiger partial charge in [0.1, 0.15) is 6.04 Å². The second kappa shape index (κ2) is 8.05. The molecule has 0 aromatic carbocycles. The summed E-state index contributed by atoms with van der Waals surface area (Å²) < 4.78 is 0. The van der Waals surface area contributed by atoms with Gasteiger partial charge in [-0.2, -0.15) is 16.1 Å². The maximum absolute atomic E-state index is 11.8. The van der Waals surface area contributed by atoms with Crippen LogP contribution in [-0.2, 0) is 14.4 Å². The Hall–Kier alpha value is -2.35. The van der Waals surface area contributed by atoms with Crippen molar-refractivity contribution in [2.45, 2.75) is 25.0 Å². The summed E-state index contributed by atoms with van der Waals surface area (Å²) in [6, 6.07) is 0.230. The Labute approximate surface area is 123 Å². The maximum Gasteiger partial charge on any atom is 0.326 e. The number of carbonyl (C=O) groups excluding carboxylic acids is 2. The third-order valence-electron chi connectivity index (χ3n) is 2.60. The first-order valence-corrected chi connectivity index (χ1v) is 6.83. The second-order valence-electron chi connectivity index (χ2n) is 4.11. The Balaban J connectivity index is 2.61. The third-order valence-corrected chi connectivity index (χ3v) is 3.30. The highest BCUT2D eigenvalue weighted by Gasteiger charge is 2.25. The zero-order chi connectivity index (χ0) is 15.8. The SMILES string of the molecule is [N-]=[N+]=CC(=O)CCC(NC(=O)C(O)c1ccsc1)C(=O)O. The van der Waals surface area contributed by atoms with Crippen molar-refractivity contribution in [3.05, 3.63) is 27.9 Å². The molecule has 0 aliphatic rings. The molecule has 0 saturated carbocycles. The van der Waals surface area contributed by atoms with Gasteiger partial charge in [0, 0.05) is 12.0 Å². The van der Waals surface area contributed by atoms with E-state index in [4.69, 9.17) is 10.6 Å². The molecule has 0 spiro atoms. The number of ketones is 1. The number of rotatable bonds is 8. The normalized spacial score (nSPS) is 12.8. The zero-order valence-electron chi connectivity index (χ0n) is 10.8. The van der Waals surface area contributed by atoms with Crippen molar-refractivity contribution < 1.29 is 29.4 Å². The Morgan fingerprint density at radius 3 is 2.71 bits per heavy atom. The van der Waals surface area contributed by atoms with Crippen molar-refractivity contribution in [1.29, 1.82) is 0 Å². The van der Waals surface area contributed by atoms with Crippen LogP contribution in [0.3, 0.4) is 0 Å². The number of nitrogens with zero attached hydrogens (tertiary/aromatic N) is 2. The lowest BCUT2D eigenvalue weighted by atomic mass is 10.1. The van der Waals surface area contributed by atoms with Crippen LogP contribution < -0.4 is 5.32 Å². The summed E-state index contributed by atoms with van der Waals surface area (Å²) >= 11 is 1.29. The third kappa shape index (κ3) is 5.27. The monoisotopic (exact) mass is 311 g/mol. The first-order valence-electron chi connectivity index (χ1n) is 5.89. The highest BCUT2D eigenvalue weighted by Crippen LogP contribution is 2.16. The van der Waals surface area contributed by atoms with E-state index in [-0.39, 0.29) is 12.8 Å². The number of hydrogen-bond donors (Lipinski definition) is 3.